The Morgan fingerprint density at radius 2 is 2.09 bits per heavy atom. The standard InChI is InChI=1S/C25H32N2O6/c1-25(2,3)33-24(30)27(15-22(29)20-6-4-10-26-13-20)14-21(16-31-17-28)18-8-9-23-19(12-18)7-5-11-32-23/h4,6,8-10,12-13,17,21-22,29H,5,7,11,14-16H2,1-3H3/t21?,22-/m0/s1. The molecule has 1 aromatic carbocycles. The van der Waals surface area contributed by atoms with Crippen molar-refractivity contribution >= 4 is 12.6 Å². The van der Waals surface area contributed by atoms with Gasteiger partial charge in [0.15, 0.2) is 0 Å². The van der Waals surface area contributed by atoms with Crippen LogP contribution in [0.1, 0.15) is 55.9 Å². The SMILES string of the molecule is CC(C)(C)OC(=O)N(CC(COC=O)c1ccc2c(c1)CCCO2)C[C@H](O)c1cccnc1. The normalized spacial score (nSPS) is 14.9. The number of pyridine rings is 1. The van der Waals surface area contributed by atoms with Gasteiger partial charge in [0, 0.05) is 30.4 Å². The van der Waals surface area contributed by atoms with E-state index in [1.54, 1.807) is 45.3 Å². The summed E-state index contributed by atoms with van der Waals surface area (Å²) in [5, 5.41) is 10.8. The quantitative estimate of drug-likeness (QED) is 0.575. The number of carbonyl (C=O) groups excluding carboxylic acids is 2. The Labute approximate surface area is 194 Å². The van der Waals surface area contributed by atoms with E-state index in [4.69, 9.17) is 14.2 Å². The number of carbonyl (C=O) groups is 2. The van der Waals surface area contributed by atoms with Crippen molar-refractivity contribution in [2.75, 3.05) is 26.3 Å². The zero-order valence-corrected chi connectivity index (χ0v) is 19.4. The Morgan fingerprint density at radius 3 is 2.79 bits per heavy atom. The molecule has 0 bridgehead atoms. The number of aliphatic hydroxyl groups excluding tert-OH is 1. The van der Waals surface area contributed by atoms with E-state index in [0.29, 0.717) is 18.6 Å². The number of rotatable bonds is 9. The number of aliphatic hydroxyl groups is 1. The van der Waals surface area contributed by atoms with Gasteiger partial charge in [0.05, 0.1) is 25.9 Å². The first kappa shape index (κ1) is 24.5. The number of aromatic nitrogens is 1. The summed E-state index contributed by atoms with van der Waals surface area (Å²) in [5.74, 6) is 0.548. The third-order valence-electron chi connectivity index (χ3n) is 5.32. The first-order valence-corrected chi connectivity index (χ1v) is 11.1. The van der Waals surface area contributed by atoms with Crippen molar-refractivity contribution in [1.82, 2.24) is 9.88 Å². The Kier molecular flexibility index (Phi) is 8.27. The maximum Gasteiger partial charge on any atom is 0.410 e. The molecule has 2 atom stereocenters. The molecule has 0 aliphatic carbocycles. The van der Waals surface area contributed by atoms with Gasteiger partial charge >= 0.3 is 6.09 Å². The molecule has 0 spiro atoms. The van der Waals surface area contributed by atoms with Crippen LogP contribution in [0, 0.1) is 0 Å². The minimum atomic E-state index is -0.948. The van der Waals surface area contributed by atoms with Gasteiger partial charge in [-0.2, -0.15) is 0 Å². The first-order chi connectivity index (χ1) is 15.8. The van der Waals surface area contributed by atoms with E-state index < -0.39 is 17.8 Å². The Balaban J connectivity index is 1.85. The van der Waals surface area contributed by atoms with Crippen molar-refractivity contribution in [3.8, 4) is 5.75 Å². The zero-order valence-electron chi connectivity index (χ0n) is 19.4. The predicted octanol–water partition coefficient (Wildman–Crippen LogP) is 3.63. The molecule has 0 fully saturated rings. The van der Waals surface area contributed by atoms with Gasteiger partial charge < -0.3 is 24.2 Å². The summed E-state index contributed by atoms with van der Waals surface area (Å²) in [5.41, 5.74) is 1.91. The third-order valence-corrected chi connectivity index (χ3v) is 5.32. The van der Waals surface area contributed by atoms with Crippen LogP contribution in [0.5, 0.6) is 5.75 Å². The highest BCUT2D eigenvalue weighted by atomic mass is 16.6. The maximum atomic E-state index is 13.0. The summed E-state index contributed by atoms with van der Waals surface area (Å²) < 4.78 is 16.4. The highest BCUT2D eigenvalue weighted by Crippen LogP contribution is 2.30. The number of aryl methyl sites for hydroxylation is 1. The lowest BCUT2D eigenvalue weighted by molar-refractivity contribution is -0.129. The number of nitrogens with zero attached hydrogens (tertiary/aromatic N) is 2. The fourth-order valence-corrected chi connectivity index (χ4v) is 3.75. The zero-order chi connectivity index (χ0) is 23.8. The van der Waals surface area contributed by atoms with Crippen LogP contribution in [0.4, 0.5) is 4.79 Å². The highest BCUT2D eigenvalue weighted by Gasteiger charge is 2.28. The molecular formula is C25H32N2O6. The lowest BCUT2D eigenvalue weighted by Gasteiger charge is -2.32. The van der Waals surface area contributed by atoms with Crippen LogP contribution in [0.15, 0.2) is 42.7 Å². The number of benzene rings is 1. The van der Waals surface area contributed by atoms with Gasteiger partial charge in [0.25, 0.3) is 6.47 Å². The average molecular weight is 457 g/mol. The molecule has 178 valence electrons. The van der Waals surface area contributed by atoms with Crippen LogP contribution in [0.25, 0.3) is 0 Å². The Morgan fingerprint density at radius 1 is 1.27 bits per heavy atom. The van der Waals surface area contributed by atoms with Crippen LogP contribution in [0.3, 0.4) is 0 Å². The molecule has 2 heterocycles. The monoisotopic (exact) mass is 456 g/mol. The van der Waals surface area contributed by atoms with Crippen molar-refractivity contribution in [3.63, 3.8) is 0 Å². The minimum absolute atomic E-state index is 0.00620. The van der Waals surface area contributed by atoms with Crippen LogP contribution < -0.4 is 4.74 Å². The molecule has 8 heteroatoms. The molecule has 0 saturated carbocycles. The van der Waals surface area contributed by atoms with Gasteiger partial charge in [-0.25, -0.2) is 4.79 Å². The second-order valence-corrected chi connectivity index (χ2v) is 9.13. The van der Waals surface area contributed by atoms with Crippen LogP contribution in [-0.4, -0.2) is 59.5 Å². The maximum absolute atomic E-state index is 13.0. The van der Waals surface area contributed by atoms with Crippen molar-refractivity contribution in [2.24, 2.45) is 0 Å². The molecule has 1 aliphatic heterocycles. The number of hydrogen-bond donors (Lipinski definition) is 1. The van der Waals surface area contributed by atoms with Crippen molar-refractivity contribution in [1.29, 1.82) is 0 Å². The Bertz CT molecular complexity index is 928. The van der Waals surface area contributed by atoms with Crippen molar-refractivity contribution in [2.45, 2.75) is 51.2 Å². The van der Waals surface area contributed by atoms with E-state index in [9.17, 15) is 14.7 Å². The largest absolute Gasteiger partial charge is 0.493 e. The molecule has 2 aromatic rings. The number of fused-ring (bicyclic) bond motifs is 1. The second-order valence-electron chi connectivity index (χ2n) is 9.13. The topological polar surface area (TPSA) is 98.2 Å². The van der Waals surface area contributed by atoms with E-state index >= 15 is 0 Å². The van der Waals surface area contributed by atoms with Gasteiger partial charge in [-0.05, 0) is 56.9 Å². The van der Waals surface area contributed by atoms with Crippen molar-refractivity contribution in [3.05, 3.63) is 59.4 Å². The summed E-state index contributed by atoms with van der Waals surface area (Å²) in [6.07, 6.45) is 3.52. The van der Waals surface area contributed by atoms with Gasteiger partial charge in [-0.3, -0.25) is 9.78 Å². The Hall–Kier alpha value is -3.13. The smallest absolute Gasteiger partial charge is 0.410 e. The molecule has 1 unspecified atom stereocenters. The molecule has 1 aliphatic rings. The molecule has 8 nitrogen and oxygen atoms in total. The lowest BCUT2D eigenvalue weighted by atomic mass is 9.94. The third kappa shape index (κ3) is 7.18. The second kappa shape index (κ2) is 11.1. The highest BCUT2D eigenvalue weighted by molar-refractivity contribution is 5.68. The predicted molar refractivity (Wildman–Crippen MR) is 122 cm³/mol. The molecular weight excluding hydrogens is 424 g/mol. The van der Waals surface area contributed by atoms with Crippen LogP contribution in [0.2, 0.25) is 0 Å². The van der Waals surface area contributed by atoms with Crippen LogP contribution in [-0.2, 0) is 20.7 Å². The van der Waals surface area contributed by atoms with Gasteiger partial charge in [0.1, 0.15) is 11.4 Å². The molecule has 0 saturated heterocycles. The van der Waals surface area contributed by atoms with E-state index in [0.717, 1.165) is 29.7 Å². The number of amides is 1. The van der Waals surface area contributed by atoms with Gasteiger partial charge in [0.2, 0.25) is 0 Å². The van der Waals surface area contributed by atoms with Gasteiger partial charge in [-0.15, -0.1) is 0 Å². The van der Waals surface area contributed by atoms with E-state index in [1.807, 2.05) is 18.2 Å². The van der Waals surface area contributed by atoms with Crippen LogP contribution >= 0.6 is 0 Å². The average Bonchev–Trinajstić information content (AvgIpc) is 2.80. The summed E-state index contributed by atoms with van der Waals surface area (Å²) in [4.78, 5) is 29.5. The molecule has 1 N–H and O–H groups in total. The van der Waals surface area contributed by atoms with E-state index in [2.05, 4.69) is 4.98 Å². The minimum Gasteiger partial charge on any atom is -0.493 e. The van der Waals surface area contributed by atoms with Gasteiger partial charge in [-0.1, -0.05) is 18.2 Å². The summed E-state index contributed by atoms with van der Waals surface area (Å²) in [6.45, 7) is 6.75. The summed E-state index contributed by atoms with van der Waals surface area (Å²) in [7, 11) is 0. The molecule has 1 aromatic heterocycles. The fraction of sp³-hybridized carbons (Fsp3) is 0.480. The lowest BCUT2D eigenvalue weighted by Crippen LogP contribution is -2.42. The van der Waals surface area contributed by atoms with E-state index in [1.165, 1.54) is 4.90 Å². The van der Waals surface area contributed by atoms with E-state index in [-0.39, 0.29) is 25.6 Å². The summed E-state index contributed by atoms with van der Waals surface area (Å²) >= 11 is 0. The fourth-order valence-electron chi connectivity index (χ4n) is 3.75. The molecule has 0 radical (unpaired) electrons. The van der Waals surface area contributed by atoms with Crippen molar-refractivity contribution < 1.29 is 28.9 Å². The number of hydrogen-bond acceptors (Lipinski definition) is 7. The molecule has 33 heavy (non-hydrogen) atoms. The summed E-state index contributed by atoms with van der Waals surface area (Å²) in [6, 6.07) is 9.36. The first-order valence-electron chi connectivity index (χ1n) is 11.1. The number of ether oxygens (including phenoxy) is 3. The molecule has 3 rings (SSSR count). The molecule has 1 amide bonds.